The molecule has 2 heterocycles. The van der Waals surface area contributed by atoms with Gasteiger partial charge in [-0.05, 0) is 17.7 Å². The Bertz CT molecular complexity index is 858. The Balaban J connectivity index is 1.61. The fourth-order valence-corrected chi connectivity index (χ4v) is 4.21. The summed E-state index contributed by atoms with van der Waals surface area (Å²) < 4.78 is 31.6. The van der Waals surface area contributed by atoms with E-state index in [0.717, 1.165) is 0 Å². The van der Waals surface area contributed by atoms with E-state index in [1.165, 1.54) is 9.21 Å². The molecule has 0 N–H and O–H groups in total. The molecule has 2 aromatic rings. The number of rotatable bonds is 4. The van der Waals surface area contributed by atoms with Gasteiger partial charge in [0.25, 0.3) is 0 Å². The lowest BCUT2D eigenvalue weighted by molar-refractivity contribution is 0.0656. The van der Waals surface area contributed by atoms with Crippen LogP contribution in [0.15, 0.2) is 28.7 Å². The Morgan fingerprint density at radius 2 is 1.80 bits per heavy atom. The van der Waals surface area contributed by atoms with Crippen LogP contribution in [-0.4, -0.2) is 59.9 Å². The second kappa shape index (κ2) is 7.11. The quantitative estimate of drug-likeness (QED) is 0.788. The maximum atomic E-state index is 12.5. The second-order valence-corrected chi connectivity index (χ2v) is 8.11. The van der Waals surface area contributed by atoms with Gasteiger partial charge >= 0.3 is 11.8 Å². The van der Waals surface area contributed by atoms with E-state index in [4.69, 9.17) is 16.0 Å². The topological polar surface area (TPSA) is 96.6 Å². The zero-order valence-corrected chi connectivity index (χ0v) is 15.1. The first kappa shape index (κ1) is 17.8. The van der Waals surface area contributed by atoms with Gasteiger partial charge in [-0.15, -0.1) is 10.2 Å². The molecule has 134 valence electrons. The Hall–Kier alpha value is -1.97. The minimum Gasteiger partial charge on any atom is -0.417 e. The van der Waals surface area contributed by atoms with Gasteiger partial charge in [0, 0.05) is 38.1 Å². The van der Waals surface area contributed by atoms with E-state index in [2.05, 4.69) is 10.2 Å². The van der Waals surface area contributed by atoms with Gasteiger partial charge in [-0.1, -0.05) is 23.7 Å². The van der Waals surface area contributed by atoms with Crippen molar-refractivity contribution in [2.24, 2.45) is 0 Å². The molecule has 25 heavy (non-hydrogen) atoms. The van der Waals surface area contributed by atoms with E-state index >= 15 is 0 Å². The SMILES string of the molecule is Cc1nnc(C(=O)N2CCN(S(=O)(=O)Cc3ccc(Cl)cc3)CC2)o1. The molecule has 8 nitrogen and oxygen atoms in total. The lowest BCUT2D eigenvalue weighted by Gasteiger charge is -2.33. The Morgan fingerprint density at radius 1 is 1.16 bits per heavy atom. The summed E-state index contributed by atoms with van der Waals surface area (Å²) in [7, 11) is -3.46. The predicted molar refractivity (Wildman–Crippen MR) is 90.6 cm³/mol. The van der Waals surface area contributed by atoms with Crippen LogP contribution in [0.4, 0.5) is 0 Å². The lowest BCUT2D eigenvalue weighted by atomic mass is 10.2. The zero-order valence-electron chi connectivity index (χ0n) is 13.6. The summed E-state index contributed by atoms with van der Waals surface area (Å²) in [5, 5.41) is 7.89. The molecular weight excluding hydrogens is 368 g/mol. The highest BCUT2D eigenvalue weighted by atomic mass is 35.5. The van der Waals surface area contributed by atoms with Crippen LogP contribution in [0.2, 0.25) is 5.02 Å². The van der Waals surface area contributed by atoms with E-state index in [9.17, 15) is 13.2 Å². The maximum Gasteiger partial charge on any atom is 0.311 e. The van der Waals surface area contributed by atoms with Crippen molar-refractivity contribution in [2.75, 3.05) is 26.2 Å². The van der Waals surface area contributed by atoms with Crippen LogP contribution < -0.4 is 0 Å². The molecule has 10 heteroatoms. The first-order chi connectivity index (χ1) is 11.8. The Kier molecular flexibility index (Phi) is 5.07. The monoisotopic (exact) mass is 384 g/mol. The van der Waals surface area contributed by atoms with Gasteiger partial charge in [0.1, 0.15) is 0 Å². The van der Waals surface area contributed by atoms with Gasteiger partial charge in [0.2, 0.25) is 15.9 Å². The van der Waals surface area contributed by atoms with Crippen LogP contribution in [0.25, 0.3) is 0 Å². The highest BCUT2D eigenvalue weighted by Crippen LogP contribution is 2.17. The number of benzene rings is 1. The largest absolute Gasteiger partial charge is 0.417 e. The number of carbonyl (C=O) groups excluding carboxylic acids is 1. The maximum absolute atomic E-state index is 12.5. The number of carbonyl (C=O) groups is 1. The lowest BCUT2D eigenvalue weighted by Crippen LogP contribution is -2.50. The molecule has 1 aliphatic rings. The summed E-state index contributed by atoms with van der Waals surface area (Å²) in [5.41, 5.74) is 0.671. The van der Waals surface area contributed by atoms with Crippen molar-refractivity contribution in [3.8, 4) is 0 Å². The average molecular weight is 385 g/mol. The smallest absolute Gasteiger partial charge is 0.311 e. The molecule has 3 rings (SSSR count). The van der Waals surface area contributed by atoms with Crippen LogP contribution >= 0.6 is 11.6 Å². The number of sulfonamides is 1. The van der Waals surface area contributed by atoms with E-state index in [0.29, 0.717) is 16.5 Å². The van der Waals surface area contributed by atoms with Crippen molar-refractivity contribution in [1.82, 2.24) is 19.4 Å². The van der Waals surface area contributed by atoms with E-state index in [1.807, 2.05) is 0 Å². The standard InChI is InChI=1S/C15H17ClN4O4S/c1-11-17-18-14(24-11)15(21)19-6-8-20(9-7-19)25(22,23)10-12-2-4-13(16)5-3-12/h2-5H,6-10H2,1H3. The number of piperazine rings is 1. The summed E-state index contributed by atoms with van der Waals surface area (Å²) in [5.74, 6) is -0.237. The minimum absolute atomic E-state index is 0.0741. The molecule has 1 fully saturated rings. The molecule has 0 atom stereocenters. The van der Waals surface area contributed by atoms with Crippen LogP contribution in [0.5, 0.6) is 0 Å². The van der Waals surface area contributed by atoms with Crippen molar-refractivity contribution in [1.29, 1.82) is 0 Å². The number of amides is 1. The molecular formula is C15H17ClN4O4S. The fraction of sp³-hybridized carbons (Fsp3) is 0.400. The van der Waals surface area contributed by atoms with Crippen LogP contribution in [0.3, 0.4) is 0 Å². The van der Waals surface area contributed by atoms with Crippen molar-refractivity contribution in [3.63, 3.8) is 0 Å². The first-order valence-electron chi connectivity index (χ1n) is 7.67. The third kappa shape index (κ3) is 4.17. The van der Waals surface area contributed by atoms with Crippen LogP contribution in [-0.2, 0) is 15.8 Å². The molecule has 0 radical (unpaired) electrons. The minimum atomic E-state index is -3.46. The second-order valence-electron chi connectivity index (χ2n) is 5.70. The molecule has 1 aromatic carbocycles. The molecule has 0 saturated carbocycles. The number of aryl methyl sites for hydroxylation is 1. The third-order valence-electron chi connectivity index (χ3n) is 3.89. The molecule has 0 unspecified atom stereocenters. The van der Waals surface area contributed by atoms with Gasteiger partial charge in [-0.3, -0.25) is 4.79 Å². The summed E-state index contributed by atoms with van der Waals surface area (Å²) in [6.07, 6.45) is 0. The molecule has 0 spiro atoms. The first-order valence-corrected chi connectivity index (χ1v) is 9.65. The number of halogens is 1. The molecule has 1 aliphatic heterocycles. The van der Waals surface area contributed by atoms with Crippen molar-refractivity contribution < 1.29 is 17.6 Å². The van der Waals surface area contributed by atoms with Gasteiger partial charge in [0.05, 0.1) is 5.75 Å². The van der Waals surface area contributed by atoms with Gasteiger partial charge < -0.3 is 9.32 Å². The number of nitrogens with zero attached hydrogens (tertiary/aromatic N) is 4. The van der Waals surface area contributed by atoms with E-state index in [1.54, 1.807) is 31.2 Å². The van der Waals surface area contributed by atoms with Gasteiger partial charge in [-0.2, -0.15) is 4.31 Å². The number of hydrogen-bond acceptors (Lipinski definition) is 6. The molecule has 1 amide bonds. The molecule has 0 bridgehead atoms. The normalized spacial score (nSPS) is 16.2. The molecule has 0 aliphatic carbocycles. The van der Waals surface area contributed by atoms with Crippen molar-refractivity contribution >= 4 is 27.5 Å². The van der Waals surface area contributed by atoms with Crippen LogP contribution in [0, 0.1) is 6.92 Å². The predicted octanol–water partition coefficient (Wildman–Crippen LogP) is 1.32. The highest BCUT2D eigenvalue weighted by molar-refractivity contribution is 7.88. The zero-order chi connectivity index (χ0) is 18.0. The summed E-state index contributed by atoms with van der Waals surface area (Å²) in [6.45, 7) is 2.62. The third-order valence-corrected chi connectivity index (χ3v) is 5.99. The summed E-state index contributed by atoms with van der Waals surface area (Å²) >= 11 is 5.81. The number of hydrogen-bond donors (Lipinski definition) is 0. The Labute approximate surface area is 150 Å². The highest BCUT2D eigenvalue weighted by Gasteiger charge is 2.31. The summed E-state index contributed by atoms with van der Waals surface area (Å²) in [4.78, 5) is 13.8. The van der Waals surface area contributed by atoms with E-state index < -0.39 is 10.0 Å². The average Bonchev–Trinajstić information content (AvgIpc) is 3.03. The fourth-order valence-electron chi connectivity index (χ4n) is 2.57. The van der Waals surface area contributed by atoms with E-state index in [-0.39, 0.29) is 43.7 Å². The Morgan fingerprint density at radius 3 is 2.36 bits per heavy atom. The van der Waals surface area contributed by atoms with Crippen molar-refractivity contribution in [3.05, 3.63) is 46.6 Å². The molecule has 1 aromatic heterocycles. The van der Waals surface area contributed by atoms with Gasteiger partial charge in [0.15, 0.2) is 0 Å². The van der Waals surface area contributed by atoms with Gasteiger partial charge in [-0.25, -0.2) is 8.42 Å². The van der Waals surface area contributed by atoms with Crippen molar-refractivity contribution in [2.45, 2.75) is 12.7 Å². The van der Waals surface area contributed by atoms with Crippen LogP contribution in [0.1, 0.15) is 22.1 Å². The number of aromatic nitrogens is 2. The summed E-state index contributed by atoms with van der Waals surface area (Å²) in [6, 6.07) is 6.71. The molecule has 1 saturated heterocycles.